The lowest BCUT2D eigenvalue weighted by atomic mass is 10.3. The molecule has 0 saturated carbocycles. The van der Waals surface area contributed by atoms with E-state index in [0.717, 1.165) is 0 Å². The van der Waals surface area contributed by atoms with E-state index in [-0.39, 0.29) is 0 Å². The molecular weight excluding hydrogens is 172 g/mol. The summed E-state index contributed by atoms with van der Waals surface area (Å²) in [6.45, 7) is 0. The average Bonchev–Trinajstić information content (AvgIpc) is 1.96. The van der Waals surface area contributed by atoms with Crippen molar-refractivity contribution in [3.05, 3.63) is 22.0 Å². The summed E-state index contributed by atoms with van der Waals surface area (Å²) >= 11 is 0. The Morgan fingerprint density at radius 3 is 2.50 bits per heavy atom. The van der Waals surface area contributed by atoms with E-state index in [1.165, 1.54) is 0 Å². The average molecular weight is 177 g/mol. The molecule has 6 heteroatoms. The highest BCUT2D eigenvalue weighted by atomic mass is 19.3. The van der Waals surface area contributed by atoms with Crippen molar-refractivity contribution in [1.82, 2.24) is 4.98 Å². The zero-order valence-electron chi connectivity index (χ0n) is 5.71. The zero-order valence-corrected chi connectivity index (χ0v) is 5.71. The Kier molecular flexibility index (Phi) is 1.99. The molecule has 0 aliphatic carbocycles. The second-order valence-corrected chi connectivity index (χ2v) is 2.09. The minimum absolute atomic E-state index is 0.527. The first-order valence-electron chi connectivity index (χ1n) is 2.95. The molecular formula is C6H5F2NO3. The van der Waals surface area contributed by atoms with Gasteiger partial charge in [0.2, 0.25) is 5.88 Å². The van der Waals surface area contributed by atoms with E-state index in [4.69, 9.17) is 10.2 Å². The van der Waals surface area contributed by atoms with E-state index < -0.39 is 29.2 Å². The maximum absolute atomic E-state index is 11.9. The Morgan fingerprint density at radius 1 is 1.42 bits per heavy atom. The summed E-state index contributed by atoms with van der Waals surface area (Å²) in [4.78, 5) is 12.2. The molecule has 1 aromatic heterocycles. The van der Waals surface area contributed by atoms with E-state index in [2.05, 4.69) is 0 Å². The quantitative estimate of drug-likeness (QED) is 0.591. The normalized spacial score (nSPS) is 10.6. The molecule has 0 atom stereocenters. The fourth-order valence-corrected chi connectivity index (χ4v) is 0.691. The van der Waals surface area contributed by atoms with Gasteiger partial charge in [-0.3, -0.25) is 9.78 Å². The number of hydrogen-bond acceptors (Lipinski definition) is 3. The SMILES string of the molecule is O=c1[nH]c(O)c(C(F)F)cc1O. The molecule has 0 aromatic carbocycles. The molecule has 1 aromatic rings. The van der Waals surface area contributed by atoms with Crippen LogP contribution in [-0.4, -0.2) is 15.2 Å². The fraction of sp³-hybridized carbons (Fsp3) is 0.167. The number of halogens is 2. The lowest BCUT2D eigenvalue weighted by Crippen LogP contribution is -2.06. The molecule has 3 N–H and O–H groups in total. The third-order valence-corrected chi connectivity index (χ3v) is 1.27. The van der Waals surface area contributed by atoms with Crippen LogP contribution in [0.1, 0.15) is 12.0 Å². The summed E-state index contributed by atoms with van der Waals surface area (Å²) in [6.07, 6.45) is -2.94. The summed E-state index contributed by atoms with van der Waals surface area (Å²) in [6, 6.07) is 0.527. The number of aromatic hydroxyl groups is 2. The molecule has 1 rings (SSSR count). The zero-order chi connectivity index (χ0) is 9.30. The first-order chi connectivity index (χ1) is 5.52. The lowest BCUT2D eigenvalue weighted by molar-refractivity contribution is 0.146. The first-order valence-corrected chi connectivity index (χ1v) is 2.95. The van der Waals surface area contributed by atoms with Crippen LogP contribution in [-0.2, 0) is 0 Å². The Morgan fingerprint density at radius 2 is 2.00 bits per heavy atom. The van der Waals surface area contributed by atoms with Crippen molar-refractivity contribution in [2.45, 2.75) is 6.43 Å². The van der Waals surface area contributed by atoms with Crippen LogP contribution >= 0.6 is 0 Å². The van der Waals surface area contributed by atoms with Gasteiger partial charge in [0.25, 0.3) is 12.0 Å². The second-order valence-electron chi connectivity index (χ2n) is 2.09. The molecule has 0 aliphatic rings. The van der Waals surface area contributed by atoms with Crippen LogP contribution in [0.2, 0.25) is 0 Å². The summed E-state index contributed by atoms with van der Waals surface area (Å²) in [7, 11) is 0. The molecule has 0 unspecified atom stereocenters. The highest BCUT2D eigenvalue weighted by molar-refractivity contribution is 5.32. The first kappa shape index (κ1) is 8.51. The fourth-order valence-electron chi connectivity index (χ4n) is 0.691. The van der Waals surface area contributed by atoms with Crippen molar-refractivity contribution >= 4 is 0 Å². The van der Waals surface area contributed by atoms with Gasteiger partial charge in [-0.15, -0.1) is 0 Å². The molecule has 0 amide bonds. The molecule has 0 saturated heterocycles. The Hall–Kier alpha value is -1.59. The van der Waals surface area contributed by atoms with Gasteiger partial charge in [0.05, 0.1) is 5.56 Å². The molecule has 0 bridgehead atoms. The largest absolute Gasteiger partial charge is 0.503 e. The number of nitrogens with one attached hydrogen (secondary N) is 1. The van der Waals surface area contributed by atoms with Crippen molar-refractivity contribution in [3.63, 3.8) is 0 Å². The van der Waals surface area contributed by atoms with Crippen molar-refractivity contribution in [2.24, 2.45) is 0 Å². The molecule has 1 heterocycles. The third-order valence-electron chi connectivity index (χ3n) is 1.27. The van der Waals surface area contributed by atoms with Gasteiger partial charge < -0.3 is 10.2 Å². The standard InChI is InChI=1S/C6H5F2NO3/c7-4(8)2-1-3(10)6(12)9-5(2)11/h1,4,10H,(H2,9,11,12). The van der Waals surface area contributed by atoms with Crippen LogP contribution < -0.4 is 5.56 Å². The topological polar surface area (TPSA) is 73.3 Å². The number of pyridine rings is 1. The van der Waals surface area contributed by atoms with Crippen LogP contribution in [0.4, 0.5) is 8.78 Å². The number of alkyl halides is 2. The van der Waals surface area contributed by atoms with Gasteiger partial charge in [-0.05, 0) is 6.07 Å². The van der Waals surface area contributed by atoms with Crippen LogP contribution in [0.15, 0.2) is 10.9 Å². The van der Waals surface area contributed by atoms with Crippen molar-refractivity contribution in [1.29, 1.82) is 0 Å². The summed E-state index contributed by atoms with van der Waals surface area (Å²) < 4.78 is 23.9. The van der Waals surface area contributed by atoms with Crippen LogP contribution in [0, 0.1) is 0 Å². The third kappa shape index (κ3) is 1.36. The monoisotopic (exact) mass is 177 g/mol. The van der Waals surface area contributed by atoms with Crippen molar-refractivity contribution < 1.29 is 19.0 Å². The summed E-state index contributed by atoms with van der Waals surface area (Å²) in [5.41, 5.74) is -1.80. The van der Waals surface area contributed by atoms with Crippen molar-refractivity contribution in [3.8, 4) is 11.6 Å². The van der Waals surface area contributed by atoms with Gasteiger partial charge in [-0.25, -0.2) is 8.78 Å². The van der Waals surface area contributed by atoms with Crippen LogP contribution in [0.5, 0.6) is 11.6 Å². The maximum Gasteiger partial charge on any atom is 0.292 e. The van der Waals surface area contributed by atoms with E-state index in [1.54, 1.807) is 4.98 Å². The molecule has 12 heavy (non-hydrogen) atoms. The maximum atomic E-state index is 11.9. The van der Waals surface area contributed by atoms with Gasteiger partial charge in [0.1, 0.15) is 0 Å². The van der Waals surface area contributed by atoms with E-state index in [1.807, 2.05) is 0 Å². The Labute approximate surface area is 65.1 Å². The number of rotatable bonds is 1. The minimum atomic E-state index is -2.94. The molecule has 4 nitrogen and oxygen atoms in total. The van der Waals surface area contributed by atoms with Crippen LogP contribution in [0.25, 0.3) is 0 Å². The van der Waals surface area contributed by atoms with Gasteiger partial charge in [-0.1, -0.05) is 0 Å². The predicted octanol–water partition coefficient (Wildman–Crippen LogP) is 0.724. The number of hydrogen-bond donors (Lipinski definition) is 3. The van der Waals surface area contributed by atoms with E-state index in [0.29, 0.717) is 6.07 Å². The molecule has 0 aliphatic heterocycles. The lowest BCUT2D eigenvalue weighted by Gasteiger charge is -2.01. The Balaban J connectivity index is 3.33. The number of H-pyrrole nitrogens is 1. The summed E-state index contributed by atoms with van der Waals surface area (Å²) in [5.74, 6) is -1.77. The van der Waals surface area contributed by atoms with Gasteiger partial charge >= 0.3 is 0 Å². The summed E-state index contributed by atoms with van der Waals surface area (Å²) in [5, 5.41) is 17.4. The second kappa shape index (κ2) is 2.80. The predicted molar refractivity (Wildman–Crippen MR) is 35.3 cm³/mol. The highest BCUT2D eigenvalue weighted by Gasteiger charge is 2.15. The smallest absolute Gasteiger partial charge is 0.292 e. The van der Waals surface area contributed by atoms with E-state index >= 15 is 0 Å². The number of aromatic nitrogens is 1. The highest BCUT2D eigenvalue weighted by Crippen LogP contribution is 2.26. The molecule has 0 spiro atoms. The molecule has 0 fully saturated rings. The minimum Gasteiger partial charge on any atom is -0.503 e. The molecule has 66 valence electrons. The van der Waals surface area contributed by atoms with Crippen LogP contribution in [0.3, 0.4) is 0 Å². The van der Waals surface area contributed by atoms with Crippen molar-refractivity contribution in [2.75, 3.05) is 0 Å². The van der Waals surface area contributed by atoms with Gasteiger partial charge in [-0.2, -0.15) is 0 Å². The van der Waals surface area contributed by atoms with Gasteiger partial charge in [0, 0.05) is 0 Å². The number of aromatic amines is 1. The Bertz CT molecular complexity index is 347. The molecule has 0 radical (unpaired) electrons. The van der Waals surface area contributed by atoms with E-state index in [9.17, 15) is 13.6 Å². The van der Waals surface area contributed by atoms with Gasteiger partial charge in [0.15, 0.2) is 5.75 Å².